The van der Waals surface area contributed by atoms with Crippen LogP contribution in [-0.4, -0.2) is 40.6 Å². The predicted molar refractivity (Wildman–Crippen MR) is 110 cm³/mol. The third-order valence-electron chi connectivity index (χ3n) is 8.26. The molecule has 160 valence electrons. The molecule has 4 aliphatic rings. The van der Waals surface area contributed by atoms with E-state index in [4.69, 9.17) is 9.47 Å². The van der Waals surface area contributed by atoms with Crippen molar-refractivity contribution in [2.45, 2.75) is 77.6 Å². The average molecular weight is 403 g/mol. The number of hydrogen-bond donors (Lipinski definition) is 2. The maximum Gasteiger partial charge on any atom is 0.310 e. The maximum absolute atomic E-state index is 11.6. The van der Waals surface area contributed by atoms with Crippen LogP contribution in [-0.2, 0) is 14.3 Å². The first-order chi connectivity index (χ1) is 13.5. The van der Waals surface area contributed by atoms with Crippen molar-refractivity contribution in [1.82, 2.24) is 0 Å². The summed E-state index contributed by atoms with van der Waals surface area (Å²) >= 11 is 0. The lowest BCUT2D eigenvalue weighted by Crippen LogP contribution is -2.61. The number of aliphatic hydroxyl groups is 2. The number of ether oxygens (including phenoxy) is 2. The number of hydrogen-bond acceptors (Lipinski definition) is 5. The smallest absolute Gasteiger partial charge is 0.310 e. The van der Waals surface area contributed by atoms with Crippen LogP contribution in [0.5, 0.6) is 0 Å². The molecule has 0 unspecified atom stereocenters. The van der Waals surface area contributed by atoms with Crippen molar-refractivity contribution in [2.75, 3.05) is 6.61 Å². The van der Waals surface area contributed by atoms with Gasteiger partial charge in [0.25, 0.3) is 0 Å². The van der Waals surface area contributed by atoms with E-state index in [9.17, 15) is 15.0 Å². The zero-order valence-corrected chi connectivity index (χ0v) is 18.0. The summed E-state index contributed by atoms with van der Waals surface area (Å²) in [7, 11) is 0. The van der Waals surface area contributed by atoms with Gasteiger partial charge in [-0.25, -0.2) is 0 Å². The largest absolute Gasteiger partial charge is 0.493 e. The molecule has 0 radical (unpaired) electrons. The molecule has 29 heavy (non-hydrogen) atoms. The third kappa shape index (κ3) is 3.46. The second-order valence-electron chi connectivity index (χ2n) is 10.4. The Labute approximate surface area is 173 Å². The lowest BCUT2D eigenvalue weighted by Gasteiger charge is -2.62. The Morgan fingerprint density at radius 2 is 1.93 bits per heavy atom. The molecule has 5 heteroatoms. The first-order valence-corrected chi connectivity index (χ1v) is 10.9. The van der Waals surface area contributed by atoms with Gasteiger partial charge in [0, 0.05) is 12.0 Å². The molecule has 2 saturated carbocycles. The minimum Gasteiger partial charge on any atom is -0.493 e. The Balaban J connectivity index is 1.54. The van der Waals surface area contributed by atoms with Crippen molar-refractivity contribution in [2.24, 2.45) is 22.7 Å². The van der Waals surface area contributed by atoms with Crippen LogP contribution in [0.1, 0.15) is 59.8 Å². The predicted octanol–water partition coefficient (Wildman–Crippen LogP) is 3.66. The van der Waals surface area contributed by atoms with E-state index in [2.05, 4.69) is 20.8 Å². The summed E-state index contributed by atoms with van der Waals surface area (Å²) in [6, 6.07) is 0. The fourth-order valence-corrected chi connectivity index (χ4v) is 6.41. The van der Waals surface area contributed by atoms with Crippen LogP contribution in [0.4, 0.5) is 0 Å². The molecule has 4 rings (SSSR count). The van der Waals surface area contributed by atoms with E-state index in [1.165, 1.54) is 0 Å². The molecule has 0 bridgehead atoms. The molecular weight excluding hydrogens is 368 g/mol. The van der Waals surface area contributed by atoms with Crippen LogP contribution in [0.2, 0.25) is 0 Å². The summed E-state index contributed by atoms with van der Waals surface area (Å²) in [5, 5.41) is 21.9. The van der Waals surface area contributed by atoms with E-state index in [1.54, 1.807) is 0 Å². The number of rotatable bonds is 3. The number of esters is 1. The molecular formula is C24H34O5. The number of carbonyl (C=O) groups excluding carboxylic acids is 1. The van der Waals surface area contributed by atoms with Crippen molar-refractivity contribution >= 4 is 5.97 Å². The van der Waals surface area contributed by atoms with Crippen molar-refractivity contribution in [3.8, 4) is 0 Å². The lowest BCUT2D eigenvalue weighted by atomic mass is 9.45. The van der Waals surface area contributed by atoms with E-state index in [1.807, 2.05) is 31.2 Å². The maximum atomic E-state index is 11.6. The summed E-state index contributed by atoms with van der Waals surface area (Å²) in [6.07, 6.45) is 10.5. The summed E-state index contributed by atoms with van der Waals surface area (Å²) in [6.45, 7) is 8.92. The monoisotopic (exact) mass is 402 g/mol. The molecule has 1 aliphatic heterocycles. The summed E-state index contributed by atoms with van der Waals surface area (Å²) in [4.78, 5) is 11.6. The summed E-state index contributed by atoms with van der Waals surface area (Å²) in [5.41, 5.74) is -0.116. The molecule has 0 aromatic carbocycles. The van der Waals surface area contributed by atoms with Crippen LogP contribution in [0.25, 0.3) is 0 Å². The topological polar surface area (TPSA) is 76.0 Å². The van der Waals surface area contributed by atoms with Crippen LogP contribution in [0.15, 0.2) is 35.6 Å². The molecule has 2 N–H and O–H groups in total. The van der Waals surface area contributed by atoms with Crippen LogP contribution < -0.4 is 0 Å². The molecule has 5 nitrogen and oxygen atoms in total. The highest BCUT2D eigenvalue weighted by molar-refractivity contribution is 5.74. The Kier molecular flexibility index (Phi) is 4.98. The standard InChI is InChI=1S/C24H34O5/c1-22(2)18-9-12-24(4,27)19(23(18,3)11-10-20(22)25)14-28-16-7-5-15-6-8-21(26)29-17(15)13-16/h5-7,13,17-20,25,27H,8-12,14H2,1-4H3/t17-,18+,19-,20+,23-,24+/m1/s1. The highest BCUT2D eigenvalue weighted by Crippen LogP contribution is 2.62. The van der Waals surface area contributed by atoms with Crippen LogP contribution >= 0.6 is 0 Å². The Hall–Kier alpha value is -1.59. The first kappa shape index (κ1) is 20.7. The minimum absolute atomic E-state index is 0.0410. The molecule has 0 saturated heterocycles. The molecule has 1 heterocycles. The van der Waals surface area contributed by atoms with Gasteiger partial charge in [0.1, 0.15) is 11.9 Å². The zero-order chi connectivity index (χ0) is 21.0. The summed E-state index contributed by atoms with van der Waals surface area (Å²) < 4.78 is 11.6. The normalized spacial score (nSPS) is 43.4. The Bertz CT molecular complexity index is 774. The molecule has 0 amide bonds. The SMILES string of the molecule is CC1(C)[C@@H](O)CC[C@@]2(C)[C@@H](COC3=C[C@H]4OC(=O)CC=C4C=C3)[C@@](C)(O)CC[C@@H]12. The van der Waals surface area contributed by atoms with Gasteiger partial charge in [0.05, 0.1) is 24.7 Å². The number of fused-ring (bicyclic) bond motifs is 2. The number of aliphatic hydroxyl groups excluding tert-OH is 1. The molecule has 3 aliphatic carbocycles. The van der Waals surface area contributed by atoms with Gasteiger partial charge < -0.3 is 19.7 Å². The minimum atomic E-state index is -0.815. The van der Waals surface area contributed by atoms with Crippen LogP contribution in [0.3, 0.4) is 0 Å². The Morgan fingerprint density at radius 1 is 1.17 bits per heavy atom. The van der Waals surface area contributed by atoms with E-state index < -0.39 is 5.60 Å². The molecule has 2 fully saturated rings. The fourth-order valence-electron chi connectivity index (χ4n) is 6.41. The van der Waals surface area contributed by atoms with Gasteiger partial charge in [-0.2, -0.15) is 0 Å². The van der Waals surface area contributed by atoms with Crippen molar-refractivity contribution in [1.29, 1.82) is 0 Å². The van der Waals surface area contributed by atoms with Gasteiger partial charge >= 0.3 is 5.97 Å². The average Bonchev–Trinajstić information content (AvgIpc) is 2.64. The van der Waals surface area contributed by atoms with Gasteiger partial charge in [-0.05, 0) is 61.0 Å². The Morgan fingerprint density at radius 3 is 2.69 bits per heavy atom. The molecule has 0 aromatic rings. The third-order valence-corrected chi connectivity index (χ3v) is 8.26. The highest BCUT2D eigenvalue weighted by atomic mass is 16.5. The van der Waals surface area contributed by atoms with Crippen molar-refractivity contribution in [3.63, 3.8) is 0 Å². The van der Waals surface area contributed by atoms with E-state index in [0.29, 0.717) is 31.1 Å². The van der Waals surface area contributed by atoms with Crippen molar-refractivity contribution in [3.05, 3.63) is 35.6 Å². The molecule has 0 spiro atoms. The van der Waals surface area contributed by atoms with E-state index >= 15 is 0 Å². The van der Waals surface area contributed by atoms with Gasteiger partial charge in [0.2, 0.25) is 0 Å². The lowest BCUT2D eigenvalue weighted by molar-refractivity contribution is -0.204. The van der Waals surface area contributed by atoms with Gasteiger partial charge in [-0.3, -0.25) is 4.79 Å². The van der Waals surface area contributed by atoms with Crippen molar-refractivity contribution < 1.29 is 24.5 Å². The van der Waals surface area contributed by atoms with E-state index in [0.717, 1.165) is 24.8 Å². The second-order valence-corrected chi connectivity index (χ2v) is 10.4. The van der Waals surface area contributed by atoms with Gasteiger partial charge in [-0.15, -0.1) is 0 Å². The number of carbonyl (C=O) groups is 1. The quantitative estimate of drug-likeness (QED) is 0.705. The molecule has 6 atom stereocenters. The van der Waals surface area contributed by atoms with Crippen LogP contribution in [0, 0.1) is 22.7 Å². The first-order valence-electron chi connectivity index (χ1n) is 10.9. The number of allylic oxidation sites excluding steroid dienone is 1. The van der Waals surface area contributed by atoms with Gasteiger partial charge in [0.15, 0.2) is 0 Å². The fraction of sp³-hybridized carbons (Fsp3) is 0.708. The van der Waals surface area contributed by atoms with E-state index in [-0.39, 0.29) is 34.9 Å². The molecule has 0 aromatic heterocycles. The summed E-state index contributed by atoms with van der Waals surface area (Å²) in [5.74, 6) is 0.745. The van der Waals surface area contributed by atoms with Gasteiger partial charge in [-0.1, -0.05) is 32.9 Å². The second kappa shape index (κ2) is 6.98. The zero-order valence-electron chi connectivity index (χ0n) is 18.0. The highest BCUT2D eigenvalue weighted by Gasteiger charge is 2.60.